The molecule has 3 aromatic rings. The Hall–Kier alpha value is -2.06. The SMILES string of the molecule is O=C(Cc1cccc2ccccc12)c1ccc(Cl)o1. The molecule has 0 spiro atoms. The molecule has 0 aliphatic rings. The fourth-order valence-electron chi connectivity index (χ4n) is 2.17. The van der Waals surface area contributed by atoms with Crippen molar-refractivity contribution in [2.75, 3.05) is 0 Å². The van der Waals surface area contributed by atoms with Crippen molar-refractivity contribution in [3.63, 3.8) is 0 Å². The molecule has 2 aromatic carbocycles. The van der Waals surface area contributed by atoms with Crippen molar-refractivity contribution in [1.29, 1.82) is 0 Å². The van der Waals surface area contributed by atoms with Gasteiger partial charge in [0.1, 0.15) is 0 Å². The fourth-order valence-corrected chi connectivity index (χ4v) is 2.32. The van der Waals surface area contributed by atoms with Crippen LogP contribution in [0.5, 0.6) is 0 Å². The van der Waals surface area contributed by atoms with Gasteiger partial charge in [0.25, 0.3) is 0 Å². The standard InChI is InChI=1S/C16H11ClO2/c17-16-9-8-15(19-16)14(18)10-12-6-3-5-11-4-1-2-7-13(11)12/h1-9H,10H2. The van der Waals surface area contributed by atoms with Crippen LogP contribution in [0.25, 0.3) is 10.8 Å². The number of halogens is 1. The lowest BCUT2D eigenvalue weighted by Gasteiger charge is -2.04. The van der Waals surface area contributed by atoms with E-state index in [0.29, 0.717) is 12.2 Å². The van der Waals surface area contributed by atoms with Gasteiger partial charge < -0.3 is 4.42 Å². The highest BCUT2D eigenvalue weighted by atomic mass is 35.5. The van der Waals surface area contributed by atoms with Crippen LogP contribution in [0.3, 0.4) is 0 Å². The van der Waals surface area contributed by atoms with Gasteiger partial charge in [-0.15, -0.1) is 0 Å². The van der Waals surface area contributed by atoms with Crippen molar-refractivity contribution in [3.8, 4) is 0 Å². The lowest BCUT2D eigenvalue weighted by atomic mass is 10.00. The Balaban J connectivity index is 1.95. The van der Waals surface area contributed by atoms with Crippen molar-refractivity contribution in [2.24, 2.45) is 0 Å². The number of carbonyl (C=O) groups excluding carboxylic acids is 1. The average molecular weight is 271 g/mol. The Morgan fingerprint density at radius 2 is 1.79 bits per heavy atom. The molecule has 0 saturated carbocycles. The minimum absolute atomic E-state index is 0.0664. The van der Waals surface area contributed by atoms with E-state index in [2.05, 4.69) is 0 Å². The molecule has 0 radical (unpaired) electrons. The first kappa shape index (κ1) is 12.0. The second-order valence-electron chi connectivity index (χ2n) is 4.34. The molecule has 0 fully saturated rings. The van der Waals surface area contributed by atoms with Gasteiger partial charge >= 0.3 is 0 Å². The predicted molar refractivity (Wildman–Crippen MR) is 75.7 cm³/mol. The molecule has 94 valence electrons. The van der Waals surface area contributed by atoms with Crippen LogP contribution in [0, 0.1) is 0 Å². The molecule has 0 aliphatic carbocycles. The lowest BCUT2D eigenvalue weighted by molar-refractivity contribution is 0.0967. The maximum atomic E-state index is 12.1. The molecular formula is C16H11ClO2. The van der Waals surface area contributed by atoms with E-state index < -0.39 is 0 Å². The lowest BCUT2D eigenvalue weighted by Crippen LogP contribution is -2.02. The van der Waals surface area contributed by atoms with Gasteiger partial charge in [-0.3, -0.25) is 4.79 Å². The van der Waals surface area contributed by atoms with Crippen LogP contribution in [0.2, 0.25) is 5.22 Å². The Bertz CT molecular complexity index is 738. The van der Waals surface area contributed by atoms with Crippen molar-refractivity contribution in [2.45, 2.75) is 6.42 Å². The van der Waals surface area contributed by atoms with Crippen LogP contribution in [-0.4, -0.2) is 5.78 Å². The number of rotatable bonds is 3. The van der Waals surface area contributed by atoms with Crippen LogP contribution in [-0.2, 0) is 6.42 Å². The molecular weight excluding hydrogens is 260 g/mol. The Kier molecular flexibility index (Phi) is 3.10. The maximum Gasteiger partial charge on any atom is 0.202 e. The van der Waals surface area contributed by atoms with Crippen LogP contribution in [0.4, 0.5) is 0 Å². The van der Waals surface area contributed by atoms with E-state index in [1.807, 2.05) is 42.5 Å². The minimum Gasteiger partial charge on any atom is -0.442 e. The summed E-state index contributed by atoms with van der Waals surface area (Å²) in [5, 5.41) is 2.46. The fraction of sp³-hybridized carbons (Fsp3) is 0.0625. The van der Waals surface area contributed by atoms with Gasteiger partial charge in [-0.1, -0.05) is 42.5 Å². The number of Topliss-reactive ketones (excluding diaryl/α,β-unsaturated/α-hetero) is 1. The molecule has 3 heteroatoms. The molecule has 19 heavy (non-hydrogen) atoms. The van der Waals surface area contributed by atoms with Gasteiger partial charge in [0, 0.05) is 6.42 Å². The van der Waals surface area contributed by atoms with Crippen molar-refractivity contribution >= 4 is 28.2 Å². The second kappa shape index (κ2) is 4.90. The van der Waals surface area contributed by atoms with Crippen molar-refractivity contribution in [1.82, 2.24) is 0 Å². The summed E-state index contributed by atoms with van der Waals surface area (Å²) < 4.78 is 5.15. The van der Waals surface area contributed by atoms with Gasteiger partial charge in [0.2, 0.25) is 5.78 Å². The van der Waals surface area contributed by atoms with Crippen LogP contribution in [0.1, 0.15) is 16.1 Å². The van der Waals surface area contributed by atoms with E-state index in [4.69, 9.17) is 16.0 Å². The monoisotopic (exact) mass is 270 g/mol. The third-order valence-electron chi connectivity index (χ3n) is 3.08. The highest BCUT2D eigenvalue weighted by Crippen LogP contribution is 2.21. The Labute approximate surface area is 115 Å². The second-order valence-corrected chi connectivity index (χ2v) is 4.71. The van der Waals surface area contributed by atoms with E-state index >= 15 is 0 Å². The number of furan rings is 1. The van der Waals surface area contributed by atoms with Gasteiger partial charge in [0.05, 0.1) is 0 Å². The summed E-state index contributed by atoms with van der Waals surface area (Å²) >= 11 is 5.68. The predicted octanol–water partition coefficient (Wildman–Crippen LogP) is 4.51. The number of benzene rings is 2. The maximum absolute atomic E-state index is 12.1. The third kappa shape index (κ3) is 2.40. The van der Waals surface area contributed by atoms with Crippen molar-refractivity contribution in [3.05, 3.63) is 71.1 Å². The first-order valence-electron chi connectivity index (χ1n) is 5.99. The number of hydrogen-bond donors (Lipinski definition) is 0. The zero-order valence-electron chi connectivity index (χ0n) is 10.1. The summed E-state index contributed by atoms with van der Waals surface area (Å²) in [6, 6.07) is 17.2. The van der Waals surface area contributed by atoms with Gasteiger partial charge in [-0.25, -0.2) is 0 Å². The highest BCUT2D eigenvalue weighted by molar-refractivity contribution is 6.29. The number of hydrogen-bond acceptors (Lipinski definition) is 2. The highest BCUT2D eigenvalue weighted by Gasteiger charge is 2.12. The molecule has 2 nitrogen and oxygen atoms in total. The molecule has 0 saturated heterocycles. The first-order chi connectivity index (χ1) is 9.24. The molecule has 0 bridgehead atoms. The van der Waals surface area contributed by atoms with Gasteiger partial charge in [0.15, 0.2) is 11.0 Å². The quantitative estimate of drug-likeness (QED) is 0.656. The minimum atomic E-state index is -0.0664. The number of fused-ring (bicyclic) bond motifs is 1. The molecule has 3 rings (SSSR count). The molecule has 0 aliphatic heterocycles. The molecule has 1 heterocycles. The summed E-state index contributed by atoms with van der Waals surface area (Å²) in [6.07, 6.45) is 0.311. The van der Waals surface area contributed by atoms with Gasteiger partial charge in [-0.05, 0) is 40.1 Å². The van der Waals surface area contributed by atoms with E-state index in [1.54, 1.807) is 12.1 Å². The topological polar surface area (TPSA) is 30.2 Å². The van der Waals surface area contributed by atoms with E-state index in [0.717, 1.165) is 16.3 Å². The number of ketones is 1. The molecule has 1 aromatic heterocycles. The van der Waals surface area contributed by atoms with E-state index in [1.165, 1.54) is 0 Å². The third-order valence-corrected chi connectivity index (χ3v) is 3.28. The first-order valence-corrected chi connectivity index (χ1v) is 6.37. The summed E-state index contributed by atoms with van der Waals surface area (Å²) in [6.45, 7) is 0. The Morgan fingerprint density at radius 1 is 1.00 bits per heavy atom. The van der Waals surface area contributed by atoms with Gasteiger partial charge in [-0.2, -0.15) is 0 Å². The molecule has 0 atom stereocenters. The summed E-state index contributed by atoms with van der Waals surface area (Å²) in [4.78, 5) is 12.1. The normalized spacial score (nSPS) is 10.8. The van der Waals surface area contributed by atoms with Crippen LogP contribution >= 0.6 is 11.6 Å². The van der Waals surface area contributed by atoms with Crippen LogP contribution in [0.15, 0.2) is 59.0 Å². The van der Waals surface area contributed by atoms with E-state index in [-0.39, 0.29) is 11.0 Å². The zero-order chi connectivity index (χ0) is 13.2. The molecule has 0 unspecified atom stereocenters. The Morgan fingerprint density at radius 3 is 2.58 bits per heavy atom. The summed E-state index contributed by atoms with van der Waals surface area (Å²) in [7, 11) is 0. The van der Waals surface area contributed by atoms with Crippen LogP contribution < -0.4 is 0 Å². The average Bonchev–Trinajstić information content (AvgIpc) is 2.86. The summed E-state index contributed by atoms with van der Waals surface area (Å²) in [5.41, 5.74) is 0.996. The molecule has 0 N–H and O–H groups in total. The summed E-state index contributed by atoms with van der Waals surface area (Å²) in [5.74, 6) is 0.237. The van der Waals surface area contributed by atoms with Crippen molar-refractivity contribution < 1.29 is 9.21 Å². The van der Waals surface area contributed by atoms with E-state index in [9.17, 15) is 4.79 Å². The largest absolute Gasteiger partial charge is 0.442 e. The zero-order valence-corrected chi connectivity index (χ0v) is 10.9. The molecule has 0 amide bonds. The number of carbonyl (C=O) groups is 1. The smallest absolute Gasteiger partial charge is 0.202 e.